The summed E-state index contributed by atoms with van der Waals surface area (Å²) in [7, 11) is 0. The zero-order valence-electron chi connectivity index (χ0n) is 6.34. The molecule has 1 aromatic carbocycles. The summed E-state index contributed by atoms with van der Waals surface area (Å²) in [5.41, 5.74) is 0.587. The van der Waals surface area contributed by atoms with E-state index in [2.05, 4.69) is 0 Å². The highest BCUT2D eigenvalue weighted by Crippen LogP contribution is 2.28. The maximum atomic E-state index is 10.5. The second-order valence-corrected chi connectivity index (χ2v) is 2.83. The predicted molar refractivity (Wildman–Crippen MR) is 44.8 cm³/mol. The molecule has 0 radical (unpaired) electrons. The third kappa shape index (κ3) is 1.51. The minimum atomic E-state index is -1.14. The van der Waals surface area contributed by atoms with Crippen LogP contribution in [0.1, 0.15) is 15.9 Å². The highest BCUT2D eigenvalue weighted by Gasteiger charge is 2.12. The Morgan fingerprint density at radius 1 is 1.50 bits per heavy atom. The Morgan fingerprint density at radius 2 is 2.08 bits per heavy atom. The van der Waals surface area contributed by atoms with Gasteiger partial charge in [-0.3, -0.25) is 0 Å². The molecule has 12 heavy (non-hydrogen) atoms. The number of halogens is 1. The third-order valence-electron chi connectivity index (χ3n) is 1.43. The summed E-state index contributed by atoms with van der Waals surface area (Å²) in [5, 5.41) is 17.6. The van der Waals surface area contributed by atoms with E-state index in [1.54, 1.807) is 6.92 Å². The lowest BCUT2D eigenvalue weighted by molar-refractivity contribution is 0.0696. The molecule has 0 saturated carbocycles. The molecule has 0 heterocycles. The molecule has 0 aliphatic carbocycles. The van der Waals surface area contributed by atoms with E-state index in [9.17, 15) is 4.79 Å². The van der Waals surface area contributed by atoms with E-state index in [0.717, 1.165) is 0 Å². The van der Waals surface area contributed by atoms with E-state index in [1.165, 1.54) is 12.1 Å². The van der Waals surface area contributed by atoms with Crippen LogP contribution in [0.2, 0.25) is 5.02 Å². The molecule has 1 aromatic rings. The van der Waals surface area contributed by atoms with Crippen molar-refractivity contribution >= 4 is 17.6 Å². The number of phenolic OH excluding ortho intramolecular Hbond substituents is 1. The summed E-state index contributed by atoms with van der Waals surface area (Å²) in [6, 6.07) is 2.82. The van der Waals surface area contributed by atoms with E-state index in [1.807, 2.05) is 0 Å². The standard InChI is InChI=1S/C8H7ClO3/c1-4-2-5(8(11)12)7(9)6(10)3-4/h2-3,10H,1H3,(H,11,12). The number of aromatic carboxylic acids is 1. The molecule has 4 heteroatoms. The Labute approximate surface area is 74.2 Å². The number of benzene rings is 1. The number of phenols is 1. The molecule has 0 spiro atoms. The monoisotopic (exact) mass is 186 g/mol. The van der Waals surface area contributed by atoms with Gasteiger partial charge in [-0.05, 0) is 24.6 Å². The summed E-state index contributed by atoms with van der Waals surface area (Å²) in [4.78, 5) is 10.5. The van der Waals surface area contributed by atoms with Crippen molar-refractivity contribution < 1.29 is 15.0 Å². The molecule has 0 saturated heterocycles. The summed E-state index contributed by atoms with van der Waals surface area (Å²) in [5.74, 6) is -1.34. The Hall–Kier alpha value is -1.22. The molecule has 0 aromatic heterocycles. The molecule has 0 amide bonds. The zero-order valence-corrected chi connectivity index (χ0v) is 7.09. The Morgan fingerprint density at radius 3 is 2.58 bits per heavy atom. The number of rotatable bonds is 1. The largest absolute Gasteiger partial charge is 0.506 e. The highest BCUT2D eigenvalue weighted by atomic mass is 35.5. The van der Waals surface area contributed by atoms with Crippen LogP contribution in [0.15, 0.2) is 12.1 Å². The number of aryl methyl sites for hydroxylation is 1. The van der Waals surface area contributed by atoms with Crippen molar-refractivity contribution in [3.05, 3.63) is 28.3 Å². The number of carbonyl (C=O) groups is 1. The van der Waals surface area contributed by atoms with Gasteiger partial charge in [0.1, 0.15) is 5.75 Å². The average Bonchev–Trinajstić information content (AvgIpc) is 1.96. The second kappa shape index (κ2) is 3.03. The topological polar surface area (TPSA) is 57.5 Å². The first kappa shape index (κ1) is 8.87. The van der Waals surface area contributed by atoms with Crippen molar-refractivity contribution in [2.45, 2.75) is 6.92 Å². The van der Waals surface area contributed by atoms with Crippen molar-refractivity contribution in [1.29, 1.82) is 0 Å². The third-order valence-corrected chi connectivity index (χ3v) is 1.83. The summed E-state index contributed by atoms with van der Waals surface area (Å²) in [6.45, 7) is 1.68. The first-order valence-corrected chi connectivity index (χ1v) is 3.62. The second-order valence-electron chi connectivity index (χ2n) is 2.45. The fourth-order valence-electron chi connectivity index (χ4n) is 0.905. The summed E-state index contributed by atoms with van der Waals surface area (Å²) >= 11 is 5.53. The van der Waals surface area contributed by atoms with Crippen molar-refractivity contribution in [3.8, 4) is 5.75 Å². The van der Waals surface area contributed by atoms with Crippen LogP contribution >= 0.6 is 11.6 Å². The van der Waals surface area contributed by atoms with Crippen molar-refractivity contribution in [3.63, 3.8) is 0 Å². The number of carboxylic acids is 1. The van der Waals surface area contributed by atoms with Gasteiger partial charge in [-0.2, -0.15) is 0 Å². The molecule has 0 aliphatic rings. The molecular formula is C8H7ClO3. The van der Waals surface area contributed by atoms with Crippen LogP contribution in [0.3, 0.4) is 0 Å². The molecule has 0 unspecified atom stereocenters. The van der Waals surface area contributed by atoms with E-state index < -0.39 is 5.97 Å². The van der Waals surface area contributed by atoms with E-state index in [0.29, 0.717) is 5.56 Å². The van der Waals surface area contributed by atoms with Crippen molar-refractivity contribution in [1.82, 2.24) is 0 Å². The molecule has 0 aliphatic heterocycles. The zero-order chi connectivity index (χ0) is 9.30. The number of carboxylic acid groups (broad SMARTS) is 1. The minimum absolute atomic E-state index is 0.0748. The van der Waals surface area contributed by atoms with Gasteiger partial charge in [-0.25, -0.2) is 4.79 Å². The smallest absolute Gasteiger partial charge is 0.337 e. The fourth-order valence-corrected chi connectivity index (χ4v) is 1.10. The Kier molecular flexibility index (Phi) is 2.24. The van der Waals surface area contributed by atoms with Gasteiger partial charge in [-0.1, -0.05) is 11.6 Å². The maximum absolute atomic E-state index is 10.5. The van der Waals surface area contributed by atoms with Gasteiger partial charge >= 0.3 is 5.97 Å². The molecule has 0 fully saturated rings. The van der Waals surface area contributed by atoms with Crippen LogP contribution in [0, 0.1) is 6.92 Å². The highest BCUT2D eigenvalue weighted by molar-refractivity contribution is 6.34. The number of hydrogen-bond acceptors (Lipinski definition) is 2. The Bertz CT molecular complexity index is 333. The van der Waals surface area contributed by atoms with Gasteiger partial charge < -0.3 is 10.2 Å². The van der Waals surface area contributed by atoms with Gasteiger partial charge in [-0.15, -0.1) is 0 Å². The average molecular weight is 187 g/mol. The molecule has 3 nitrogen and oxygen atoms in total. The molecule has 0 atom stereocenters. The predicted octanol–water partition coefficient (Wildman–Crippen LogP) is 2.05. The molecule has 2 N–H and O–H groups in total. The summed E-state index contributed by atoms with van der Waals surface area (Å²) < 4.78 is 0. The normalized spacial score (nSPS) is 9.83. The SMILES string of the molecule is Cc1cc(O)c(Cl)c(C(=O)O)c1. The maximum Gasteiger partial charge on any atom is 0.337 e. The minimum Gasteiger partial charge on any atom is -0.506 e. The lowest BCUT2D eigenvalue weighted by Gasteiger charge is -2.02. The van der Waals surface area contributed by atoms with Gasteiger partial charge in [0.15, 0.2) is 0 Å². The van der Waals surface area contributed by atoms with Crippen LogP contribution in [0.5, 0.6) is 5.75 Å². The van der Waals surface area contributed by atoms with Crippen molar-refractivity contribution in [2.75, 3.05) is 0 Å². The molecular weight excluding hydrogens is 180 g/mol. The van der Waals surface area contributed by atoms with Crippen LogP contribution in [-0.2, 0) is 0 Å². The first-order valence-electron chi connectivity index (χ1n) is 3.25. The lowest BCUT2D eigenvalue weighted by Crippen LogP contribution is -1.97. The summed E-state index contributed by atoms with van der Waals surface area (Å²) in [6.07, 6.45) is 0. The Balaban J connectivity index is 3.37. The molecule has 0 bridgehead atoms. The van der Waals surface area contributed by atoms with E-state index in [-0.39, 0.29) is 16.3 Å². The molecule has 64 valence electrons. The first-order chi connectivity index (χ1) is 5.52. The van der Waals surface area contributed by atoms with Crippen LogP contribution in [0.25, 0.3) is 0 Å². The van der Waals surface area contributed by atoms with Gasteiger partial charge in [0.25, 0.3) is 0 Å². The van der Waals surface area contributed by atoms with Gasteiger partial charge in [0.05, 0.1) is 10.6 Å². The van der Waals surface area contributed by atoms with Crippen molar-refractivity contribution in [2.24, 2.45) is 0 Å². The van der Waals surface area contributed by atoms with E-state index in [4.69, 9.17) is 21.8 Å². The van der Waals surface area contributed by atoms with Crippen LogP contribution < -0.4 is 0 Å². The fraction of sp³-hybridized carbons (Fsp3) is 0.125. The number of hydrogen-bond donors (Lipinski definition) is 2. The molecule has 1 rings (SSSR count). The quantitative estimate of drug-likeness (QED) is 0.706. The van der Waals surface area contributed by atoms with Crippen LogP contribution in [-0.4, -0.2) is 16.2 Å². The van der Waals surface area contributed by atoms with Crippen LogP contribution in [0.4, 0.5) is 0 Å². The van der Waals surface area contributed by atoms with E-state index >= 15 is 0 Å². The van der Waals surface area contributed by atoms with Gasteiger partial charge in [0, 0.05) is 0 Å². The number of aromatic hydroxyl groups is 1. The lowest BCUT2D eigenvalue weighted by atomic mass is 10.1. The van der Waals surface area contributed by atoms with Gasteiger partial charge in [0.2, 0.25) is 0 Å².